The first-order valence-electron chi connectivity index (χ1n) is 8.91. The van der Waals surface area contributed by atoms with E-state index in [1.807, 2.05) is 36.4 Å². The minimum atomic E-state index is 0.325. The van der Waals surface area contributed by atoms with E-state index in [9.17, 15) is 0 Å². The van der Waals surface area contributed by atoms with Crippen molar-refractivity contribution in [1.29, 1.82) is 0 Å². The van der Waals surface area contributed by atoms with Gasteiger partial charge in [-0.2, -0.15) is 0 Å². The minimum Gasteiger partial charge on any atom is -0.489 e. The molecule has 0 saturated carbocycles. The number of ether oxygens (including phenoxy) is 1. The van der Waals surface area contributed by atoms with Crippen molar-refractivity contribution in [2.24, 2.45) is 0 Å². The van der Waals surface area contributed by atoms with E-state index in [-0.39, 0.29) is 0 Å². The van der Waals surface area contributed by atoms with E-state index in [2.05, 4.69) is 34.4 Å². The van der Waals surface area contributed by atoms with Crippen LogP contribution >= 0.6 is 0 Å². The fraction of sp³-hybridized carbons (Fsp3) is 0.0909. The summed E-state index contributed by atoms with van der Waals surface area (Å²) in [5.74, 6) is 2.13. The fourth-order valence-electron chi connectivity index (χ4n) is 2.87. The van der Waals surface area contributed by atoms with Crippen molar-refractivity contribution >= 4 is 11.6 Å². The Bertz CT molecular complexity index is 1060. The summed E-state index contributed by atoms with van der Waals surface area (Å²) in [6.07, 6.45) is 0.658. The topological polar surface area (TPSA) is 100 Å². The SMILES string of the molecule is Nc1ccc(-c2cc(Cc3ccc(COc4ccccc4)cc3)no2)c(N)n1. The maximum absolute atomic E-state index is 5.91. The van der Waals surface area contributed by atoms with Crippen molar-refractivity contribution in [3.05, 3.63) is 89.6 Å². The average Bonchev–Trinajstić information content (AvgIpc) is 3.16. The fourth-order valence-corrected chi connectivity index (χ4v) is 2.87. The quantitative estimate of drug-likeness (QED) is 0.529. The third-order valence-electron chi connectivity index (χ3n) is 4.33. The van der Waals surface area contributed by atoms with Gasteiger partial charge in [0.1, 0.15) is 24.0 Å². The number of aromatic nitrogens is 2. The van der Waals surface area contributed by atoms with Gasteiger partial charge in [-0.05, 0) is 35.4 Å². The summed E-state index contributed by atoms with van der Waals surface area (Å²) in [5.41, 5.74) is 15.3. The molecule has 6 heteroatoms. The van der Waals surface area contributed by atoms with Gasteiger partial charge in [0.25, 0.3) is 0 Å². The van der Waals surface area contributed by atoms with Gasteiger partial charge in [-0.3, -0.25) is 0 Å². The highest BCUT2D eigenvalue weighted by atomic mass is 16.5. The number of nitrogens with two attached hydrogens (primary N) is 2. The molecule has 6 nitrogen and oxygen atoms in total. The van der Waals surface area contributed by atoms with Crippen molar-refractivity contribution in [3.8, 4) is 17.1 Å². The lowest BCUT2D eigenvalue weighted by molar-refractivity contribution is 0.306. The number of nitrogens with zero attached hydrogens (tertiary/aromatic N) is 2. The van der Waals surface area contributed by atoms with E-state index < -0.39 is 0 Å². The highest BCUT2D eigenvalue weighted by Crippen LogP contribution is 2.26. The maximum atomic E-state index is 5.91. The molecule has 2 heterocycles. The molecule has 0 spiro atoms. The zero-order valence-corrected chi connectivity index (χ0v) is 15.2. The molecule has 0 atom stereocenters. The summed E-state index contributed by atoms with van der Waals surface area (Å²) in [6.45, 7) is 0.530. The van der Waals surface area contributed by atoms with Crippen LogP contribution in [0.15, 0.2) is 77.3 Å². The number of para-hydroxylation sites is 1. The molecule has 140 valence electrons. The van der Waals surface area contributed by atoms with Crippen molar-refractivity contribution < 1.29 is 9.26 Å². The lowest BCUT2D eigenvalue weighted by atomic mass is 10.1. The van der Waals surface area contributed by atoms with Crippen molar-refractivity contribution in [1.82, 2.24) is 10.1 Å². The van der Waals surface area contributed by atoms with Crippen molar-refractivity contribution in [2.45, 2.75) is 13.0 Å². The Morgan fingerprint density at radius 2 is 1.61 bits per heavy atom. The second-order valence-electron chi connectivity index (χ2n) is 6.45. The van der Waals surface area contributed by atoms with E-state index in [1.54, 1.807) is 12.1 Å². The molecule has 0 aliphatic rings. The molecular weight excluding hydrogens is 352 g/mol. The van der Waals surface area contributed by atoms with Crippen LogP contribution in [0.3, 0.4) is 0 Å². The van der Waals surface area contributed by atoms with Gasteiger partial charge in [-0.25, -0.2) is 4.98 Å². The molecule has 0 amide bonds. The Morgan fingerprint density at radius 3 is 2.36 bits per heavy atom. The Morgan fingerprint density at radius 1 is 0.857 bits per heavy atom. The van der Waals surface area contributed by atoms with Gasteiger partial charge in [0.05, 0.1) is 11.3 Å². The molecule has 0 saturated heterocycles. The second-order valence-corrected chi connectivity index (χ2v) is 6.45. The number of pyridine rings is 1. The number of hydrogen-bond donors (Lipinski definition) is 2. The predicted octanol–water partition coefficient (Wildman–Crippen LogP) is 4.07. The van der Waals surface area contributed by atoms with Crippen LogP contribution in [0, 0.1) is 0 Å². The van der Waals surface area contributed by atoms with E-state index in [1.165, 1.54) is 0 Å². The normalized spacial score (nSPS) is 10.7. The molecule has 2 aromatic carbocycles. The lowest BCUT2D eigenvalue weighted by Gasteiger charge is -2.06. The van der Waals surface area contributed by atoms with Gasteiger partial charge in [-0.1, -0.05) is 47.6 Å². The molecule has 4 N–H and O–H groups in total. The number of rotatable bonds is 6. The maximum Gasteiger partial charge on any atom is 0.170 e. The second kappa shape index (κ2) is 7.84. The molecule has 4 aromatic rings. The molecule has 0 radical (unpaired) electrons. The lowest BCUT2D eigenvalue weighted by Crippen LogP contribution is -1.97. The van der Waals surface area contributed by atoms with E-state index in [0.29, 0.717) is 36.0 Å². The van der Waals surface area contributed by atoms with Gasteiger partial charge >= 0.3 is 0 Å². The summed E-state index contributed by atoms with van der Waals surface area (Å²) in [5, 5.41) is 4.14. The van der Waals surface area contributed by atoms with Crippen LogP contribution in [0.4, 0.5) is 11.6 Å². The van der Waals surface area contributed by atoms with Crippen molar-refractivity contribution in [3.63, 3.8) is 0 Å². The van der Waals surface area contributed by atoms with Gasteiger partial charge in [0, 0.05) is 12.5 Å². The molecular formula is C22H20N4O2. The van der Waals surface area contributed by atoms with Gasteiger partial charge in [0.15, 0.2) is 5.76 Å². The molecule has 4 rings (SSSR count). The average molecular weight is 372 g/mol. The number of hydrogen-bond acceptors (Lipinski definition) is 6. The molecule has 0 bridgehead atoms. The third-order valence-corrected chi connectivity index (χ3v) is 4.33. The van der Waals surface area contributed by atoms with E-state index in [0.717, 1.165) is 22.6 Å². The highest BCUT2D eigenvalue weighted by Gasteiger charge is 2.11. The Balaban J connectivity index is 1.40. The summed E-state index contributed by atoms with van der Waals surface area (Å²) < 4.78 is 11.2. The number of benzene rings is 2. The highest BCUT2D eigenvalue weighted by molar-refractivity contribution is 5.71. The van der Waals surface area contributed by atoms with Gasteiger partial charge in [0.2, 0.25) is 0 Å². The Kier molecular flexibility index (Phi) is 4.93. The summed E-state index contributed by atoms with van der Waals surface area (Å²) in [7, 11) is 0. The molecule has 28 heavy (non-hydrogen) atoms. The Hall–Kier alpha value is -3.80. The molecule has 2 aromatic heterocycles. The first-order chi connectivity index (χ1) is 13.7. The number of anilines is 2. The first kappa shape index (κ1) is 17.6. The zero-order chi connectivity index (χ0) is 19.3. The van der Waals surface area contributed by atoms with Gasteiger partial charge < -0.3 is 20.7 Å². The first-order valence-corrected chi connectivity index (χ1v) is 8.91. The van der Waals surface area contributed by atoms with Crippen LogP contribution in [-0.2, 0) is 13.0 Å². The Labute approximate surface area is 162 Å². The molecule has 0 aliphatic carbocycles. The van der Waals surface area contributed by atoms with Crippen LogP contribution < -0.4 is 16.2 Å². The largest absolute Gasteiger partial charge is 0.489 e. The standard InChI is InChI=1S/C22H20N4O2/c23-21-11-10-19(22(24)25-21)20-13-17(26-28-20)12-15-6-8-16(9-7-15)14-27-18-4-2-1-3-5-18/h1-11,13H,12,14H2,(H4,23,24,25). The van der Waals surface area contributed by atoms with Crippen LogP contribution in [0.2, 0.25) is 0 Å². The third kappa shape index (κ3) is 4.12. The molecule has 0 fully saturated rings. The number of nitrogen functional groups attached to an aromatic ring is 2. The molecule has 0 unspecified atom stereocenters. The van der Waals surface area contributed by atoms with Crippen LogP contribution in [-0.4, -0.2) is 10.1 Å². The summed E-state index contributed by atoms with van der Waals surface area (Å²) >= 11 is 0. The predicted molar refractivity (Wildman–Crippen MR) is 109 cm³/mol. The summed E-state index contributed by atoms with van der Waals surface area (Å²) in [6, 6.07) is 23.4. The van der Waals surface area contributed by atoms with Crippen molar-refractivity contribution in [2.75, 3.05) is 11.5 Å². The van der Waals surface area contributed by atoms with E-state index >= 15 is 0 Å². The minimum absolute atomic E-state index is 0.325. The van der Waals surface area contributed by atoms with Crippen LogP contribution in [0.25, 0.3) is 11.3 Å². The van der Waals surface area contributed by atoms with Gasteiger partial charge in [-0.15, -0.1) is 0 Å². The molecule has 0 aliphatic heterocycles. The smallest absolute Gasteiger partial charge is 0.170 e. The van der Waals surface area contributed by atoms with E-state index in [4.69, 9.17) is 20.7 Å². The zero-order valence-electron chi connectivity index (χ0n) is 15.2. The van der Waals surface area contributed by atoms with Crippen LogP contribution in [0.1, 0.15) is 16.8 Å². The monoisotopic (exact) mass is 372 g/mol. The van der Waals surface area contributed by atoms with Crippen LogP contribution in [0.5, 0.6) is 5.75 Å². The summed E-state index contributed by atoms with van der Waals surface area (Å²) in [4.78, 5) is 4.05.